The second-order valence-electron chi connectivity index (χ2n) is 4.15. The van der Waals surface area contributed by atoms with Crippen molar-refractivity contribution in [2.75, 3.05) is 18.5 Å². The molecule has 1 heterocycles. The van der Waals surface area contributed by atoms with E-state index < -0.39 is 0 Å². The molecule has 2 unspecified atom stereocenters. The minimum absolute atomic E-state index is 0.163. The third-order valence-electron chi connectivity index (χ3n) is 2.91. The van der Waals surface area contributed by atoms with Crippen molar-refractivity contribution in [3.63, 3.8) is 0 Å². The molecule has 0 radical (unpaired) electrons. The smallest absolute Gasteiger partial charge is 0.240 e. The van der Waals surface area contributed by atoms with E-state index in [0.717, 1.165) is 16.6 Å². The molecule has 1 saturated heterocycles. The zero-order valence-electron chi connectivity index (χ0n) is 9.36. The summed E-state index contributed by atoms with van der Waals surface area (Å²) in [5.41, 5.74) is 6.32. The molecule has 1 aromatic rings. The summed E-state index contributed by atoms with van der Waals surface area (Å²) < 4.78 is 6.29. The molecule has 0 spiro atoms. The average molecular weight is 299 g/mol. The van der Waals surface area contributed by atoms with Gasteiger partial charge in [-0.05, 0) is 30.7 Å². The third-order valence-corrected chi connectivity index (χ3v) is 3.44. The van der Waals surface area contributed by atoms with Gasteiger partial charge in [-0.15, -0.1) is 0 Å². The van der Waals surface area contributed by atoms with E-state index >= 15 is 0 Å². The molecule has 0 aliphatic carbocycles. The van der Waals surface area contributed by atoms with Crippen molar-refractivity contribution in [2.24, 2.45) is 11.7 Å². The van der Waals surface area contributed by atoms with Crippen molar-refractivity contribution in [3.8, 4) is 0 Å². The lowest BCUT2D eigenvalue weighted by atomic mass is 9.98. The fourth-order valence-corrected chi connectivity index (χ4v) is 2.23. The van der Waals surface area contributed by atoms with Gasteiger partial charge in [0.1, 0.15) is 6.04 Å². The van der Waals surface area contributed by atoms with Crippen LogP contribution in [0.5, 0.6) is 0 Å². The zero-order chi connectivity index (χ0) is 12.3. The van der Waals surface area contributed by atoms with Gasteiger partial charge in [0.2, 0.25) is 5.91 Å². The second kappa shape index (κ2) is 5.51. The highest BCUT2D eigenvalue weighted by Crippen LogP contribution is 2.21. The van der Waals surface area contributed by atoms with Crippen LogP contribution in [0.1, 0.15) is 6.42 Å². The van der Waals surface area contributed by atoms with Crippen molar-refractivity contribution in [2.45, 2.75) is 12.5 Å². The van der Waals surface area contributed by atoms with E-state index in [1.165, 1.54) is 0 Å². The Kier molecular flexibility index (Phi) is 4.02. The molecule has 1 aromatic carbocycles. The summed E-state index contributed by atoms with van der Waals surface area (Å²) in [5.74, 6) is -0.167. The molecular formula is C12H15BrN2O2. The first-order valence-corrected chi connectivity index (χ1v) is 6.35. The summed E-state index contributed by atoms with van der Waals surface area (Å²) >= 11 is 3.37. The van der Waals surface area contributed by atoms with Gasteiger partial charge in [0.25, 0.3) is 0 Å². The Bertz CT molecular complexity index is 388. The molecule has 2 atom stereocenters. The Balaban J connectivity index is 2.06. The Hall–Kier alpha value is -1.07. The number of anilines is 1. The number of benzene rings is 1. The normalized spacial score (nSPS) is 21.1. The van der Waals surface area contributed by atoms with Crippen molar-refractivity contribution < 1.29 is 9.53 Å². The number of amides is 1. The van der Waals surface area contributed by atoms with Crippen LogP contribution in [0.3, 0.4) is 0 Å². The van der Waals surface area contributed by atoms with E-state index in [2.05, 4.69) is 21.2 Å². The number of primary amides is 1. The van der Waals surface area contributed by atoms with Crippen molar-refractivity contribution in [3.05, 3.63) is 28.7 Å². The topological polar surface area (TPSA) is 64.4 Å². The summed E-state index contributed by atoms with van der Waals surface area (Å²) in [6.45, 7) is 1.30. The summed E-state index contributed by atoms with van der Waals surface area (Å²) in [4.78, 5) is 11.5. The van der Waals surface area contributed by atoms with Crippen LogP contribution >= 0.6 is 15.9 Å². The van der Waals surface area contributed by atoms with Gasteiger partial charge in [0, 0.05) is 22.7 Å². The minimum atomic E-state index is -0.362. The quantitative estimate of drug-likeness (QED) is 0.890. The fourth-order valence-electron chi connectivity index (χ4n) is 1.96. The van der Waals surface area contributed by atoms with Crippen molar-refractivity contribution in [1.29, 1.82) is 0 Å². The average Bonchev–Trinajstić information content (AvgIpc) is 2.81. The number of carbonyl (C=O) groups excluding carboxylic acids is 1. The number of carbonyl (C=O) groups is 1. The number of nitrogens with one attached hydrogen (secondary N) is 1. The number of ether oxygens (including phenoxy) is 1. The van der Waals surface area contributed by atoms with Crippen molar-refractivity contribution >= 4 is 27.5 Å². The van der Waals surface area contributed by atoms with E-state index in [9.17, 15) is 4.79 Å². The van der Waals surface area contributed by atoms with Gasteiger partial charge in [-0.2, -0.15) is 0 Å². The van der Waals surface area contributed by atoms with E-state index in [1.54, 1.807) is 0 Å². The first kappa shape index (κ1) is 12.4. The van der Waals surface area contributed by atoms with E-state index in [1.807, 2.05) is 24.3 Å². The Morgan fingerprint density at radius 2 is 2.18 bits per heavy atom. The van der Waals surface area contributed by atoms with E-state index in [-0.39, 0.29) is 17.9 Å². The van der Waals surface area contributed by atoms with E-state index in [4.69, 9.17) is 10.5 Å². The van der Waals surface area contributed by atoms with E-state index in [0.29, 0.717) is 13.2 Å². The Morgan fingerprint density at radius 3 is 2.71 bits per heavy atom. The maximum absolute atomic E-state index is 11.5. The van der Waals surface area contributed by atoms with Gasteiger partial charge < -0.3 is 15.8 Å². The molecule has 1 aliphatic heterocycles. The summed E-state index contributed by atoms with van der Waals surface area (Å²) in [6.07, 6.45) is 0.872. The van der Waals surface area contributed by atoms with Crippen LogP contribution in [0.4, 0.5) is 5.69 Å². The number of rotatable bonds is 4. The van der Waals surface area contributed by atoms with Crippen LogP contribution in [0.15, 0.2) is 28.7 Å². The lowest BCUT2D eigenvalue weighted by Crippen LogP contribution is -2.41. The van der Waals surface area contributed by atoms with Crippen LogP contribution in [0, 0.1) is 5.92 Å². The SMILES string of the molecule is NC(=O)C(Nc1ccc(Br)cc1)C1CCOC1. The molecule has 1 amide bonds. The molecular weight excluding hydrogens is 284 g/mol. The van der Waals surface area contributed by atoms with Gasteiger partial charge in [-0.1, -0.05) is 15.9 Å². The molecule has 1 fully saturated rings. The first-order valence-electron chi connectivity index (χ1n) is 5.56. The molecule has 1 aliphatic rings. The van der Waals surface area contributed by atoms with Crippen LogP contribution in [-0.2, 0) is 9.53 Å². The lowest BCUT2D eigenvalue weighted by Gasteiger charge is -2.21. The molecule has 0 bridgehead atoms. The summed E-state index contributed by atoms with van der Waals surface area (Å²) in [6, 6.07) is 7.31. The molecule has 4 nitrogen and oxygen atoms in total. The standard InChI is InChI=1S/C12H15BrN2O2/c13-9-1-3-10(4-2-9)15-11(12(14)16)8-5-6-17-7-8/h1-4,8,11,15H,5-7H2,(H2,14,16). The van der Waals surface area contributed by atoms with Crippen LogP contribution in [0.25, 0.3) is 0 Å². The predicted octanol–water partition coefficient (Wildman–Crippen LogP) is 1.75. The number of hydrogen-bond donors (Lipinski definition) is 2. The molecule has 5 heteroatoms. The minimum Gasteiger partial charge on any atom is -0.381 e. The number of nitrogens with two attached hydrogens (primary N) is 1. The largest absolute Gasteiger partial charge is 0.381 e. The zero-order valence-corrected chi connectivity index (χ0v) is 10.9. The first-order chi connectivity index (χ1) is 8.16. The fraction of sp³-hybridized carbons (Fsp3) is 0.417. The third kappa shape index (κ3) is 3.20. The van der Waals surface area contributed by atoms with Gasteiger partial charge in [-0.3, -0.25) is 4.79 Å². The van der Waals surface area contributed by atoms with Crippen LogP contribution in [-0.4, -0.2) is 25.2 Å². The molecule has 0 aromatic heterocycles. The lowest BCUT2D eigenvalue weighted by molar-refractivity contribution is -0.119. The highest BCUT2D eigenvalue weighted by Gasteiger charge is 2.29. The highest BCUT2D eigenvalue weighted by atomic mass is 79.9. The van der Waals surface area contributed by atoms with Gasteiger partial charge >= 0.3 is 0 Å². The maximum Gasteiger partial charge on any atom is 0.240 e. The highest BCUT2D eigenvalue weighted by molar-refractivity contribution is 9.10. The van der Waals surface area contributed by atoms with Crippen LogP contribution in [0.2, 0.25) is 0 Å². The van der Waals surface area contributed by atoms with Crippen molar-refractivity contribution in [1.82, 2.24) is 0 Å². The number of halogens is 1. The molecule has 92 valence electrons. The second-order valence-corrected chi connectivity index (χ2v) is 5.07. The number of hydrogen-bond acceptors (Lipinski definition) is 3. The molecule has 17 heavy (non-hydrogen) atoms. The van der Waals surface area contributed by atoms with Gasteiger partial charge in [0.15, 0.2) is 0 Å². The summed E-state index contributed by atoms with van der Waals surface area (Å²) in [7, 11) is 0. The predicted molar refractivity (Wildman–Crippen MR) is 69.7 cm³/mol. The van der Waals surface area contributed by atoms with Gasteiger partial charge in [-0.25, -0.2) is 0 Å². The van der Waals surface area contributed by atoms with Crippen LogP contribution < -0.4 is 11.1 Å². The Labute approximate surface area is 109 Å². The van der Waals surface area contributed by atoms with Gasteiger partial charge in [0.05, 0.1) is 6.61 Å². The Morgan fingerprint density at radius 1 is 1.47 bits per heavy atom. The molecule has 3 N–H and O–H groups in total. The maximum atomic E-state index is 11.5. The molecule has 0 saturated carbocycles. The monoisotopic (exact) mass is 298 g/mol. The summed E-state index contributed by atoms with van der Waals surface area (Å²) in [5, 5.41) is 3.17. The molecule has 2 rings (SSSR count).